The van der Waals surface area contributed by atoms with Crippen LogP contribution in [0.3, 0.4) is 0 Å². The lowest BCUT2D eigenvalue weighted by Crippen LogP contribution is -2.41. The standard InChI is InChI=1S/C23H26F3N3O3S/c1-2-28-11-8-16-6-7-19(15-21(16)28)27-22(30)17-9-12-29(13-10-17)33(31,32)20-5-3-4-18(14-20)23(24,25)26/h3-7,14-15,17H,2,8-13H2,1H3,(H,27,30). The molecule has 0 aromatic heterocycles. The molecule has 10 heteroatoms. The fourth-order valence-corrected chi connectivity index (χ4v) is 5.95. The van der Waals surface area contributed by atoms with Gasteiger partial charge in [0.25, 0.3) is 0 Å². The molecule has 2 aliphatic heterocycles. The molecular weight excluding hydrogens is 455 g/mol. The zero-order valence-electron chi connectivity index (χ0n) is 18.2. The number of carbonyl (C=O) groups is 1. The number of hydrogen-bond acceptors (Lipinski definition) is 4. The molecule has 2 aromatic rings. The summed E-state index contributed by atoms with van der Waals surface area (Å²) in [6, 6.07) is 9.61. The van der Waals surface area contributed by atoms with Gasteiger partial charge in [0, 0.05) is 43.5 Å². The van der Waals surface area contributed by atoms with E-state index < -0.39 is 21.8 Å². The molecule has 0 radical (unpaired) electrons. The molecule has 0 spiro atoms. The minimum absolute atomic E-state index is 0.0739. The van der Waals surface area contributed by atoms with Gasteiger partial charge in [0.05, 0.1) is 10.5 Å². The molecule has 4 rings (SSSR count). The number of fused-ring (bicyclic) bond motifs is 1. The summed E-state index contributed by atoms with van der Waals surface area (Å²) in [6.07, 6.45) is -3.04. The van der Waals surface area contributed by atoms with Gasteiger partial charge in [-0.1, -0.05) is 12.1 Å². The molecule has 1 amide bonds. The van der Waals surface area contributed by atoms with Crippen LogP contribution in [0.1, 0.15) is 30.9 Å². The van der Waals surface area contributed by atoms with Gasteiger partial charge >= 0.3 is 6.18 Å². The van der Waals surface area contributed by atoms with E-state index in [4.69, 9.17) is 0 Å². The quantitative estimate of drug-likeness (QED) is 0.698. The van der Waals surface area contributed by atoms with E-state index in [0.717, 1.165) is 47.7 Å². The first-order chi connectivity index (χ1) is 15.6. The maximum atomic E-state index is 13.0. The van der Waals surface area contributed by atoms with Crippen molar-refractivity contribution < 1.29 is 26.4 Å². The summed E-state index contributed by atoms with van der Waals surface area (Å²) < 4.78 is 65.8. The molecule has 0 saturated carbocycles. The van der Waals surface area contributed by atoms with Crippen molar-refractivity contribution in [3.05, 3.63) is 53.6 Å². The minimum Gasteiger partial charge on any atom is -0.371 e. The average Bonchev–Trinajstić information content (AvgIpc) is 3.21. The van der Waals surface area contributed by atoms with Crippen LogP contribution in [0.4, 0.5) is 24.5 Å². The predicted molar refractivity (Wildman–Crippen MR) is 120 cm³/mol. The number of rotatable bonds is 5. The third-order valence-corrected chi connectivity index (χ3v) is 8.24. The summed E-state index contributed by atoms with van der Waals surface area (Å²) in [7, 11) is -4.07. The van der Waals surface area contributed by atoms with Gasteiger partial charge in [-0.3, -0.25) is 4.79 Å². The highest BCUT2D eigenvalue weighted by molar-refractivity contribution is 7.89. The largest absolute Gasteiger partial charge is 0.416 e. The lowest BCUT2D eigenvalue weighted by molar-refractivity contribution is -0.137. The van der Waals surface area contributed by atoms with Gasteiger partial charge in [-0.15, -0.1) is 0 Å². The topological polar surface area (TPSA) is 69.7 Å². The Morgan fingerprint density at radius 3 is 2.48 bits per heavy atom. The van der Waals surface area contributed by atoms with Crippen LogP contribution >= 0.6 is 0 Å². The monoisotopic (exact) mass is 481 g/mol. The molecule has 2 aromatic carbocycles. The Labute approximate surface area is 191 Å². The number of benzene rings is 2. The number of piperidine rings is 1. The summed E-state index contributed by atoms with van der Waals surface area (Å²) in [5.41, 5.74) is 2.08. The van der Waals surface area contributed by atoms with Gasteiger partial charge in [0.15, 0.2) is 0 Å². The Balaban J connectivity index is 1.39. The number of carbonyl (C=O) groups excluding carboxylic acids is 1. The second-order valence-electron chi connectivity index (χ2n) is 8.37. The number of amides is 1. The van der Waals surface area contributed by atoms with Crippen LogP contribution in [0.15, 0.2) is 47.4 Å². The van der Waals surface area contributed by atoms with Gasteiger partial charge in [0.2, 0.25) is 15.9 Å². The van der Waals surface area contributed by atoms with Crippen LogP contribution in [0, 0.1) is 5.92 Å². The van der Waals surface area contributed by atoms with Crippen molar-refractivity contribution in [2.45, 2.75) is 37.3 Å². The summed E-state index contributed by atoms with van der Waals surface area (Å²) in [4.78, 5) is 14.6. The zero-order chi connectivity index (χ0) is 23.8. The Morgan fingerprint density at radius 1 is 1.09 bits per heavy atom. The Morgan fingerprint density at radius 2 is 1.82 bits per heavy atom. The second-order valence-corrected chi connectivity index (χ2v) is 10.3. The Hall–Kier alpha value is -2.59. The maximum Gasteiger partial charge on any atom is 0.416 e. The lowest BCUT2D eigenvalue weighted by atomic mass is 9.97. The molecule has 0 atom stereocenters. The highest BCUT2D eigenvalue weighted by atomic mass is 32.2. The number of nitrogens with zero attached hydrogens (tertiary/aromatic N) is 2. The smallest absolute Gasteiger partial charge is 0.371 e. The molecule has 0 unspecified atom stereocenters. The predicted octanol–water partition coefficient (Wildman–Crippen LogP) is 4.13. The molecule has 0 bridgehead atoms. The first kappa shape index (κ1) is 23.6. The van der Waals surface area contributed by atoms with Crippen molar-refractivity contribution in [1.82, 2.24) is 4.31 Å². The van der Waals surface area contributed by atoms with E-state index in [1.807, 2.05) is 18.2 Å². The Bertz CT molecular complexity index is 1140. The van der Waals surface area contributed by atoms with Gasteiger partial charge in [0.1, 0.15) is 0 Å². The number of halogens is 3. The molecule has 1 fully saturated rings. The Kier molecular flexibility index (Phi) is 6.41. The molecule has 6 nitrogen and oxygen atoms in total. The summed E-state index contributed by atoms with van der Waals surface area (Å²) in [6.45, 7) is 4.09. The fraction of sp³-hybridized carbons (Fsp3) is 0.435. The van der Waals surface area contributed by atoms with E-state index >= 15 is 0 Å². The molecule has 0 aliphatic carbocycles. The molecule has 2 aliphatic rings. The molecule has 2 heterocycles. The van der Waals surface area contributed by atoms with Crippen molar-refractivity contribution in [2.24, 2.45) is 5.92 Å². The number of alkyl halides is 3. The van der Waals surface area contributed by atoms with E-state index in [1.165, 1.54) is 5.56 Å². The SMILES string of the molecule is CCN1CCc2ccc(NC(=O)C3CCN(S(=O)(=O)c4cccc(C(F)(F)F)c4)CC3)cc21. The van der Waals surface area contributed by atoms with Crippen LogP contribution in [-0.2, 0) is 27.4 Å². The first-order valence-electron chi connectivity index (χ1n) is 11.0. The second kappa shape index (κ2) is 8.98. The highest BCUT2D eigenvalue weighted by Crippen LogP contribution is 2.33. The third-order valence-electron chi connectivity index (χ3n) is 6.35. The van der Waals surface area contributed by atoms with Crippen molar-refractivity contribution >= 4 is 27.3 Å². The van der Waals surface area contributed by atoms with Crippen molar-refractivity contribution in [3.8, 4) is 0 Å². The van der Waals surface area contributed by atoms with Gasteiger partial charge in [-0.2, -0.15) is 17.5 Å². The van der Waals surface area contributed by atoms with Gasteiger partial charge < -0.3 is 10.2 Å². The number of nitrogens with one attached hydrogen (secondary N) is 1. The van der Waals surface area contributed by atoms with Gasteiger partial charge in [-0.05, 0) is 62.1 Å². The van der Waals surface area contributed by atoms with Crippen molar-refractivity contribution in [2.75, 3.05) is 36.4 Å². The average molecular weight is 482 g/mol. The van der Waals surface area contributed by atoms with E-state index in [1.54, 1.807) is 0 Å². The summed E-state index contributed by atoms with van der Waals surface area (Å²) >= 11 is 0. The number of hydrogen-bond donors (Lipinski definition) is 1. The highest BCUT2D eigenvalue weighted by Gasteiger charge is 2.35. The normalized spacial score (nSPS) is 17.8. The van der Waals surface area contributed by atoms with Crippen molar-refractivity contribution in [3.63, 3.8) is 0 Å². The van der Waals surface area contributed by atoms with Crippen LogP contribution in [-0.4, -0.2) is 44.8 Å². The van der Waals surface area contributed by atoms with Crippen molar-refractivity contribution in [1.29, 1.82) is 0 Å². The molecular formula is C23H26F3N3O3S. The molecule has 1 N–H and O–H groups in total. The van der Waals surface area contributed by atoms with Crippen LogP contribution in [0.5, 0.6) is 0 Å². The summed E-state index contributed by atoms with van der Waals surface area (Å²) in [5.74, 6) is -0.541. The third kappa shape index (κ3) is 4.86. The van der Waals surface area contributed by atoms with Gasteiger partial charge in [-0.25, -0.2) is 8.42 Å². The number of anilines is 2. The first-order valence-corrected chi connectivity index (χ1v) is 12.4. The van der Waals surface area contributed by atoms with Crippen LogP contribution in [0.2, 0.25) is 0 Å². The van der Waals surface area contributed by atoms with E-state index in [-0.39, 0.29) is 29.8 Å². The van der Waals surface area contributed by atoms with Crippen LogP contribution < -0.4 is 10.2 Å². The van der Waals surface area contributed by atoms with E-state index in [9.17, 15) is 26.4 Å². The number of sulfonamides is 1. The molecule has 1 saturated heterocycles. The van der Waals surface area contributed by atoms with Crippen LogP contribution in [0.25, 0.3) is 0 Å². The summed E-state index contributed by atoms with van der Waals surface area (Å²) in [5, 5.41) is 2.94. The van der Waals surface area contributed by atoms with E-state index in [2.05, 4.69) is 17.1 Å². The fourth-order valence-electron chi connectivity index (χ4n) is 4.44. The number of likely N-dealkylation sites (N-methyl/N-ethyl adjacent to an activating group) is 1. The zero-order valence-corrected chi connectivity index (χ0v) is 19.0. The minimum atomic E-state index is -4.62. The maximum absolute atomic E-state index is 13.0. The molecule has 178 valence electrons. The van der Waals surface area contributed by atoms with E-state index in [0.29, 0.717) is 24.6 Å². The lowest BCUT2D eigenvalue weighted by Gasteiger charge is -2.30. The molecule has 33 heavy (non-hydrogen) atoms.